The van der Waals surface area contributed by atoms with Crippen LogP contribution in [-0.2, 0) is 12.7 Å². The third-order valence-electron chi connectivity index (χ3n) is 4.77. The molecule has 1 atom stereocenters. The Bertz CT molecular complexity index is 964. The number of imidazole rings is 1. The number of rotatable bonds is 5. The van der Waals surface area contributed by atoms with Crippen LogP contribution in [0.2, 0.25) is 5.28 Å². The van der Waals surface area contributed by atoms with E-state index in [0.29, 0.717) is 29.4 Å². The standard InChI is InChI=1S/C18H17ClF3N5/c1-10(12-4-5-12)24-16-14-15(25-17(19)26-16)23-9-27(14)8-11-2-6-13(7-3-11)18(20,21)22/h2-3,6-7,9-10,12H,4-5,8H2,1H3,(H,24,25,26). The van der Waals surface area contributed by atoms with Gasteiger partial charge in [-0.05, 0) is 55.0 Å². The maximum absolute atomic E-state index is 12.7. The minimum absolute atomic E-state index is 0.104. The lowest BCUT2D eigenvalue weighted by atomic mass is 10.1. The first kappa shape index (κ1) is 18.0. The minimum Gasteiger partial charge on any atom is -0.365 e. The Morgan fingerprint density at radius 2 is 1.93 bits per heavy atom. The molecular formula is C18H17ClF3N5. The number of fused-ring (bicyclic) bond motifs is 1. The third kappa shape index (κ3) is 3.85. The van der Waals surface area contributed by atoms with Crippen LogP contribution in [0.25, 0.3) is 11.2 Å². The first-order valence-corrected chi connectivity index (χ1v) is 9.00. The summed E-state index contributed by atoms with van der Waals surface area (Å²) in [6.45, 7) is 2.45. The van der Waals surface area contributed by atoms with E-state index in [4.69, 9.17) is 11.6 Å². The normalized spacial score (nSPS) is 15.9. The summed E-state index contributed by atoms with van der Waals surface area (Å²) in [7, 11) is 0. The quantitative estimate of drug-likeness (QED) is 0.633. The van der Waals surface area contributed by atoms with Gasteiger partial charge in [0.2, 0.25) is 5.28 Å². The van der Waals surface area contributed by atoms with Gasteiger partial charge < -0.3 is 9.88 Å². The molecule has 0 radical (unpaired) electrons. The predicted octanol–water partition coefficient (Wildman–Crippen LogP) is 4.76. The topological polar surface area (TPSA) is 55.6 Å². The van der Waals surface area contributed by atoms with Crippen LogP contribution >= 0.6 is 11.6 Å². The smallest absolute Gasteiger partial charge is 0.365 e. The maximum atomic E-state index is 12.7. The number of anilines is 1. The highest BCUT2D eigenvalue weighted by atomic mass is 35.5. The van der Waals surface area contributed by atoms with Crippen molar-refractivity contribution in [3.8, 4) is 0 Å². The van der Waals surface area contributed by atoms with Crippen LogP contribution < -0.4 is 5.32 Å². The van der Waals surface area contributed by atoms with Gasteiger partial charge in [0, 0.05) is 12.6 Å². The van der Waals surface area contributed by atoms with Crippen molar-refractivity contribution in [3.05, 3.63) is 47.0 Å². The monoisotopic (exact) mass is 395 g/mol. The zero-order chi connectivity index (χ0) is 19.2. The van der Waals surface area contributed by atoms with E-state index in [2.05, 4.69) is 27.2 Å². The number of hydrogen-bond acceptors (Lipinski definition) is 4. The SMILES string of the molecule is CC(Nc1nc(Cl)nc2ncn(Cc3ccc(C(F)(F)F)cc3)c12)C1CC1. The molecule has 0 aliphatic heterocycles. The molecule has 4 rings (SSSR count). The van der Waals surface area contributed by atoms with E-state index in [1.807, 2.05) is 4.57 Å². The second-order valence-corrected chi connectivity index (χ2v) is 7.19. The fourth-order valence-corrected chi connectivity index (χ4v) is 3.26. The molecule has 9 heteroatoms. The van der Waals surface area contributed by atoms with Gasteiger partial charge in [-0.25, -0.2) is 4.98 Å². The molecule has 1 fully saturated rings. The van der Waals surface area contributed by atoms with Crippen LogP contribution in [0.5, 0.6) is 0 Å². The summed E-state index contributed by atoms with van der Waals surface area (Å²) >= 11 is 6.01. The fourth-order valence-electron chi connectivity index (χ4n) is 3.10. The van der Waals surface area contributed by atoms with Crippen molar-refractivity contribution < 1.29 is 13.2 Å². The minimum atomic E-state index is -4.35. The number of alkyl halides is 3. The predicted molar refractivity (Wildman–Crippen MR) is 96.7 cm³/mol. The molecule has 27 heavy (non-hydrogen) atoms. The van der Waals surface area contributed by atoms with Crippen LogP contribution in [-0.4, -0.2) is 25.6 Å². The molecule has 1 saturated carbocycles. The lowest BCUT2D eigenvalue weighted by molar-refractivity contribution is -0.137. The van der Waals surface area contributed by atoms with Crippen molar-refractivity contribution in [3.63, 3.8) is 0 Å². The van der Waals surface area contributed by atoms with Gasteiger partial charge in [0.15, 0.2) is 11.5 Å². The van der Waals surface area contributed by atoms with Crippen molar-refractivity contribution >= 4 is 28.6 Å². The third-order valence-corrected chi connectivity index (χ3v) is 4.94. The molecule has 5 nitrogen and oxygen atoms in total. The zero-order valence-electron chi connectivity index (χ0n) is 14.5. The molecule has 1 aromatic carbocycles. The summed E-state index contributed by atoms with van der Waals surface area (Å²) in [5.41, 5.74) is 1.19. The first-order valence-electron chi connectivity index (χ1n) is 8.62. The molecule has 0 spiro atoms. The highest BCUT2D eigenvalue weighted by molar-refractivity contribution is 6.28. The van der Waals surface area contributed by atoms with E-state index in [-0.39, 0.29) is 11.3 Å². The summed E-state index contributed by atoms with van der Waals surface area (Å²) in [4.78, 5) is 12.7. The Hall–Kier alpha value is -2.35. The average molecular weight is 396 g/mol. The molecule has 1 N–H and O–H groups in total. The van der Waals surface area contributed by atoms with Crippen molar-refractivity contribution in [2.75, 3.05) is 5.32 Å². The average Bonchev–Trinajstić information content (AvgIpc) is 3.37. The number of aromatic nitrogens is 4. The van der Waals surface area contributed by atoms with E-state index in [1.54, 1.807) is 6.33 Å². The Kier molecular flexibility index (Phi) is 4.46. The number of hydrogen-bond donors (Lipinski definition) is 1. The number of nitrogens with one attached hydrogen (secondary N) is 1. The summed E-state index contributed by atoms with van der Waals surface area (Å²) in [6, 6.07) is 5.33. The lowest BCUT2D eigenvalue weighted by Crippen LogP contribution is -2.19. The molecule has 0 amide bonds. The van der Waals surface area contributed by atoms with Crippen LogP contribution in [0.4, 0.5) is 19.0 Å². The Balaban J connectivity index is 1.65. The van der Waals surface area contributed by atoms with E-state index in [9.17, 15) is 13.2 Å². The van der Waals surface area contributed by atoms with Gasteiger partial charge in [-0.15, -0.1) is 0 Å². The van der Waals surface area contributed by atoms with E-state index >= 15 is 0 Å². The van der Waals surface area contributed by atoms with Crippen LogP contribution in [0, 0.1) is 5.92 Å². The summed E-state index contributed by atoms with van der Waals surface area (Å²) < 4.78 is 40.0. The van der Waals surface area contributed by atoms with Crippen LogP contribution in [0.3, 0.4) is 0 Å². The van der Waals surface area contributed by atoms with E-state index in [0.717, 1.165) is 17.7 Å². The maximum Gasteiger partial charge on any atom is 0.416 e. The molecule has 0 saturated heterocycles. The molecular weight excluding hydrogens is 379 g/mol. The molecule has 1 unspecified atom stereocenters. The van der Waals surface area contributed by atoms with Gasteiger partial charge in [-0.1, -0.05) is 12.1 Å². The second kappa shape index (κ2) is 6.67. The first-order chi connectivity index (χ1) is 12.8. The Labute approximate surface area is 158 Å². The highest BCUT2D eigenvalue weighted by Crippen LogP contribution is 2.35. The number of halogens is 4. The van der Waals surface area contributed by atoms with Gasteiger partial charge in [-0.2, -0.15) is 23.1 Å². The van der Waals surface area contributed by atoms with Crippen LogP contribution in [0.15, 0.2) is 30.6 Å². The number of benzene rings is 1. The van der Waals surface area contributed by atoms with Gasteiger partial charge in [-0.3, -0.25) is 0 Å². The summed E-state index contributed by atoms with van der Waals surface area (Å²) in [6.07, 6.45) is -0.386. The highest BCUT2D eigenvalue weighted by Gasteiger charge is 2.30. The van der Waals surface area contributed by atoms with Crippen molar-refractivity contribution in [1.29, 1.82) is 0 Å². The molecule has 142 valence electrons. The molecule has 1 aliphatic rings. The largest absolute Gasteiger partial charge is 0.416 e. The molecule has 2 aromatic heterocycles. The van der Waals surface area contributed by atoms with E-state index in [1.165, 1.54) is 25.0 Å². The van der Waals surface area contributed by atoms with Crippen LogP contribution in [0.1, 0.15) is 30.9 Å². The Morgan fingerprint density at radius 1 is 1.22 bits per heavy atom. The van der Waals surface area contributed by atoms with Gasteiger partial charge >= 0.3 is 6.18 Å². The zero-order valence-corrected chi connectivity index (χ0v) is 15.2. The molecule has 2 heterocycles. The van der Waals surface area contributed by atoms with E-state index < -0.39 is 11.7 Å². The second-order valence-electron chi connectivity index (χ2n) is 6.85. The van der Waals surface area contributed by atoms with Gasteiger partial charge in [0.25, 0.3) is 0 Å². The van der Waals surface area contributed by atoms with Gasteiger partial charge in [0.1, 0.15) is 5.52 Å². The lowest BCUT2D eigenvalue weighted by Gasteiger charge is -2.15. The molecule has 0 bridgehead atoms. The fraction of sp³-hybridized carbons (Fsp3) is 0.389. The van der Waals surface area contributed by atoms with Crippen molar-refractivity contribution in [1.82, 2.24) is 19.5 Å². The van der Waals surface area contributed by atoms with Crippen molar-refractivity contribution in [2.45, 2.75) is 38.5 Å². The molecule has 3 aromatic rings. The van der Waals surface area contributed by atoms with Crippen molar-refractivity contribution in [2.24, 2.45) is 5.92 Å². The summed E-state index contributed by atoms with van der Waals surface area (Å²) in [5, 5.41) is 3.49. The van der Waals surface area contributed by atoms with Gasteiger partial charge in [0.05, 0.1) is 11.9 Å². The number of nitrogens with zero attached hydrogens (tertiary/aromatic N) is 4. The Morgan fingerprint density at radius 3 is 2.56 bits per heavy atom. The molecule has 1 aliphatic carbocycles. The summed E-state index contributed by atoms with van der Waals surface area (Å²) in [5.74, 6) is 1.20.